The minimum atomic E-state index is -1.52. The van der Waals surface area contributed by atoms with Gasteiger partial charge in [-0.1, -0.05) is 41.5 Å². The Morgan fingerprint density at radius 3 is 1.87 bits per heavy atom. The van der Waals surface area contributed by atoms with Crippen LogP contribution in [0.25, 0.3) is 0 Å². The zero-order valence-electron chi connectivity index (χ0n) is 12.0. The van der Waals surface area contributed by atoms with Gasteiger partial charge in [-0.3, -0.25) is 0 Å². The first-order valence-electron chi connectivity index (χ1n) is 6.20. The molecule has 0 aliphatic heterocycles. The summed E-state index contributed by atoms with van der Waals surface area (Å²) in [4.78, 5) is 0. The highest BCUT2D eigenvalue weighted by atomic mass is 28.4. The van der Waals surface area contributed by atoms with Crippen LogP contribution in [0.15, 0.2) is 0 Å². The van der Waals surface area contributed by atoms with Crippen LogP contribution >= 0.6 is 0 Å². The SMILES string of the molecule is CC(C)C[C@@H](C)CO[Si](C)(C)C(C)(C)C. The molecule has 0 rings (SSSR count). The van der Waals surface area contributed by atoms with E-state index >= 15 is 0 Å². The average molecular weight is 230 g/mol. The molecule has 0 aliphatic rings. The second-order valence-corrected chi connectivity index (χ2v) is 11.6. The zero-order chi connectivity index (χ0) is 12.3. The largest absolute Gasteiger partial charge is 0.417 e. The van der Waals surface area contributed by atoms with Gasteiger partial charge in [0, 0.05) is 6.61 Å². The molecule has 1 nitrogen and oxygen atoms in total. The molecule has 0 aromatic carbocycles. The first-order chi connectivity index (χ1) is 6.56. The van der Waals surface area contributed by atoms with Crippen molar-refractivity contribution in [1.29, 1.82) is 0 Å². The van der Waals surface area contributed by atoms with Crippen LogP contribution in [0.3, 0.4) is 0 Å². The summed E-state index contributed by atoms with van der Waals surface area (Å²) in [5, 5.41) is 0.338. The maximum atomic E-state index is 6.20. The molecule has 0 spiro atoms. The lowest BCUT2D eigenvalue weighted by Gasteiger charge is -2.37. The van der Waals surface area contributed by atoms with E-state index in [1.54, 1.807) is 0 Å². The summed E-state index contributed by atoms with van der Waals surface area (Å²) in [6, 6.07) is 0. The molecule has 0 N–H and O–H groups in total. The highest BCUT2D eigenvalue weighted by Gasteiger charge is 2.37. The van der Waals surface area contributed by atoms with E-state index in [9.17, 15) is 0 Å². The van der Waals surface area contributed by atoms with Gasteiger partial charge in [-0.25, -0.2) is 0 Å². The van der Waals surface area contributed by atoms with Crippen LogP contribution in [-0.2, 0) is 4.43 Å². The van der Waals surface area contributed by atoms with Gasteiger partial charge in [0.25, 0.3) is 0 Å². The standard InChI is InChI=1S/C13H30OSi/c1-11(2)9-12(3)10-14-15(7,8)13(4,5)6/h11-12H,9-10H2,1-8H3/t12-/m1/s1. The van der Waals surface area contributed by atoms with Crippen molar-refractivity contribution in [2.75, 3.05) is 6.61 Å². The fraction of sp³-hybridized carbons (Fsp3) is 1.00. The molecule has 1 atom stereocenters. The molecule has 0 heterocycles. The Balaban J connectivity index is 4.04. The van der Waals surface area contributed by atoms with E-state index < -0.39 is 8.32 Å². The first kappa shape index (κ1) is 15.2. The Labute approximate surface area is 97.7 Å². The Kier molecular flexibility index (Phi) is 5.55. The van der Waals surface area contributed by atoms with Crippen LogP contribution in [0, 0.1) is 11.8 Å². The van der Waals surface area contributed by atoms with Gasteiger partial charge in [0.1, 0.15) is 0 Å². The fourth-order valence-electron chi connectivity index (χ4n) is 1.44. The van der Waals surface area contributed by atoms with Crippen molar-refractivity contribution < 1.29 is 4.43 Å². The maximum absolute atomic E-state index is 6.20. The molecule has 0 aromatic heterocycles. The predicted molar refractivity (Wildman–Crippen MR) is 71.8 cm³/mol. The van der Waals surface area contributed by atoms with Crippen molar-refractivity contribution >= 4 is 8.32 Å². The van der Waals surface area contributed by atoms with E-state index in [2.05, 4.69) is 54.6 Å². The monoisotopic (exact) mass is 230 g/mol. The second kappa shape index (κ2) is 5.49. The summed E-state index contributed by atoms with van der Waals surface area (Å²) in [5.74, 6) is 1.47. The van der Waals surface area contributed by atoms with Crippen LogP contribution in [0.2, 0.25) is 18.1 Å². The van der Waals surface area contributed by atoms with Gasteiger partial charge in [0.05, 0.1) is 0 Å². The highest BCUT2D eigenvalue weighted by Crippen LogP contribution is 2.36. The third kappa shape index (κ3) is 5.72. The summed E-state index contributed by atoms with van der Waals surface area (Å²) < 4.78 is 6.20. The van der Waals surface area contributed by atoms with E-state index in [-0.39, 0.29) is 0 Å². The topological polar surface area (TPSA) is 9.23 Å². The molecule has 0 aliphatic carbocycles. The van der Waals surface area contributed by atoms with Crippen LogP contribution in [0.4, 0.5) is 0 Å². The third-order valence-electron chi connectivity index (χ3n) is 3.41. The van der Waals surface area contributed by atoms with Crippen LogP contribution in [0.1, 0.15) is 48.0 Å². The lowest BCUT2D eigenvalue weighted by atomic mass is 10.0. The van der Waals surface area contributed by atoms with E-state index in [0.29, 0.717) is 11.0 Å². The van der Waals surface area contributed by atoms with E-state index in [4.69, 9.17) is 4.43 Å². The molecule has 0 saturated heterocycles. The predicted octanol–water partition coefficient (Wildman–Crippen LogP) is 4.69. The van der Waals surface area contributed by atoms with Crippen LogP contribution < -0.4 is 0 Å². The molecular weight excluding hydrogens is 200 g/mol. The van der Waals surface area contributed by atoms with E-state index in [0.717, 1.165) is 12.5 Å². The van der Waals surface area contributed by atoms with Crippen molar-refractivity contribution in [3.05, 3.63) is 0 Å². The number of hydrogen-bond acceptors (Lipinski definition) is 1. The molecule has 2 heteroatoms. The number of rotatable bonds is 5. The minimum Gasteiger partial charge on any atom is -0.417 e. The van der Waals surface area contributed by atoms with Gasteiger partial charge in [-0.15, -0.1) is 0 Å². The summed E-state index contributed by atoms with van der Waals surface area (Å²) in [6.07, 6.45) is 1.27. The van der Waals surface area contributed by atoms with Gasteiger partial charge in [-0.2, -0.15) is 0 Å². The van der Waals surface area contributed by atoms with Crippen LogP contribution in [-0.4, -0.2) is 14.9 Å². The second-order valence-electron chi connectivity index (χ2n) is 6.81. The molecule has 0 fully saturated rings. The van der Waals surface area contributed by atoms with E-state index in [1.165, 1.54) is 6.42 Å². The molecule has 0 aromatic rings. The summed E-state index contributed by atoms with van der Waals surface area (Å²) in [6.45, 7) is 19.3. The normalized spacial score (nSPS) is 15.8. The maximum Gasteiger partial charge on any atom is 0.191 e. The number of hydrogen-bond donors (Lipinski definition) is 0. The van der Waals surface area contributed by atoms with Gasteiger partial charge >= 0.3 is 0 Å². The Morgan fingerprint density at radius 1 is 1.07 bits per heavy atom. The summed E-state index contributed by atoms with van der Waals surface area (Å²) >= 11 is 0. The molecule has 15 heavy (non-hydrogen) atoms. The van der Waals surface area contributed by atoms with Gasteiger partial charge in [-0.05, 0) is 36.4 Å². The lowest BCUT2D eigenvalue weighted by molar-refractivity contribution is 0.220. The highest BCUT2D eigenvalue weighted by molar-refractivity contribution is 6.74. The Morgan fingerprint density at radius 2 is 1.53 bits per heavy atom. The minimum absolute atomic E-state index is 0.338. The molecular formula is C13H30OSi. The van der Waals surface area contributed by atoms with Crippen molar-refractivity contribution in [2.45, 2.75) is 66.1 Å². The molecule has 0 unspecified atom stereocenters. The molecule has 0 bridgehead atoms. The van der Waals surface area contributed by atoms with Crippen LogP contribution in [0.5, 0.6) is 0 Å². The van der Waals surface area contributed by atoms with Gasteiger partial charge < -0.3 is 4.43 Å². The summed E-state index contributed by atoms with van der Waals surface area (Å²) in [5.41, 5.74) is 0. The van der Waals surface area contributed by atoms with Gasteiger partial charge in [0.2, 0.25) is 0 Å². The van der Waals surface area contributed by atoms with Crippen molar-refractivity contribution in [3.63, 3.8) is 0 Å². The summed E-state index contributed by atoms with van der Waals surface area (Å²) in [7, 11) is -1.52. The zero-order valence-corrected chi connectivity index (χ0v) is 13.0. The molecule has 92 valence electrons. The van der Waals surface area contributed by atoms with Gasteiger partial charge in [0.15, 0.2) is 8.32 Å². The fourth-order valence-corrected chi connectivity index (χ4v) is 2.57. The van der Waals surface area contributed by atoms with E-state index in [1.807, 2.05) is 0 Å². The lowest BCUT2D eigenvalue weighted by Crippen LogP contribution is -2.41. The quantitative estimate of drug-likeness (QED) is 0.623. The van der Waals surface area contributed by atoms with Crippen molar-refractivity contribution in [2.24, 2.45) is 11.8 Å². The van der Waals surface area contributed by atoms with Crippen molar-refractivity contribution in [1.82, 2.24) is 0 Å². The molecule has 0 amide bonds. The average Bonchev–Trinajstić information content (AvgIpc) is 1.97. The first-order valence-corrected chi connectivity index (χ1v) is 9.11. The molecule has 0 saturated carbocycles. The smallest absolute Gasteiger partial charge is 0.191 e. The van der Waals surface area contributed by atoms with Crippen molar-refractivity contribution in [3.8, 4) is 0 Å². The Hall–Kier alpha value is 0.177. The molecule has 0 radical (unpaired) electrons. The Bertz CT molecular complexity index is 179. The third-order valence-corrected chi connectivity index (χ3v) is 7.91.